The smallest absolute Gasteiger partial charge is 0.272 e. The van der Waals surface area contributed by atoms with Crippen molar-refractivity contribution in [2.75, 3.05) is 11.9 Å². The van der Waals surface area contributed by atoms with Gasteiger partial charge in [0.15, 0.2) is 0 Å². The Morgan fingerprint density at radius 1 is 1.30 bits per heavy atom. The maximum Gasteiger partial charge on any atom is 0.272 e. The molecule has 5 rings (SSSR count). The van der Waals surface area contributed by atoms with Crippen molar-refractivity contribution in [2.24, 2.45) is 7.05 Å². The van der Waals surface area contributed by atoms with Crippen LogP contribution in [0.5, 0.6) is 0 Å². The van der Waals surface area contributed by atoms with Gasteiger partial charge in [-0.3, -0.25) is 19.4 Å². The minimum Gasteiger partial charge on any atom is -0.329 e. The Kier molecular flexibility index (Phi) is 3.24. The Balaban J connectivity index is 1.68. The Morgan fingerprint density at radius 2 is 2.15 bits per heavy atom. The summed E-state index contributed by atoms with van der Waals surface area (Å²) in [6.07, 6.45) is 5.71. The number of hydrogen-bond acceptors (Lipinski definition) is 4. The molecule has 1 fully saturated rings. The molecule has 8 nitrogen and oxygen atoms in total. The Morgan fingerprint density at radius 3 is 2.89 bits per heavy atom. The van der Waals surface area contributed by atoms with Gasteiger partial charge in [-0.2, -0.15) is 10.2 Å². The van der Waals surface area contributed by atoms with Gasteiger partial charge in [0, 0.05) is 37.2 Å². The van der Waals surface area contributed by atoms with E-state index in [2.05, 4.69) is 20.6 Å². The predicted molar refractivity (Wildman–Crippen MR) is 96.9 cm³/mol. The Bertz CT molecular complexity index is 1040. The summed E-state index contributed by atoms with van der Waals surface area (Å²) in [4.78, 5) is 28.1. The first-order valence-corrected chi connectivity index (χ1v) is 8.81. The van der Waals surface area contributed by atoms with Crippen LogP contribution in [0.25, 0.3) is 0 Å². The van der Waals surface area contributed by atoms with Crippen molar-refractivity contribution >= 4 is 17.5 Å². The van der Waals surface area contributed by atoms with Gasteiger partial charge in [0.2, 0.25) is 5.91 Å². The van der Waals surface area contributed by atoms with E-state index in [0.29, 0.717) is 18.7 Å². The topological polar surface area (TPSA) is 95.9 Å². The van der Waals surface area contributed by atoms with Crippen LogP contribution in [0.1, 0.15) is 34.1 Å². The molecule has 0 radical (unpaired) electrons. The van der Waals surface area contributed by atoms with Crippen LogP contribution in [0, 0.1) is 0 Å². The van der Waals surface area contributed by atoms with Crippen LogP contribution in [-0.2, 0) is 17.3 Å². The molecule has 27 heavy (non-hydrogen) atoms. The number of benzene rings is 1. The van der Waals surface area contributed by atoms with Crippen molar-refractivity contribution in [3.63, 3.8) is 0 Å². The molecule has 0 bridgehead atoms. The maximum atomic E-state index is 13.2. The summed E-state index contributed by atoms with van der Waals surface area (Å²) in [5.74, 6) is -0.243. The molecule has 4 heterocycles. The van der Waals surface area contributed by atoms with Gasteiger partial charge in [0.05, 0.1) is 12.2 Å². The lowest BCUT2D eigenvalue weighted by atomic mass is 9.73. The number of fused-ring (bicyclic) bond motifs is 2. The summed E-state index contributed by atoms with van der Waals surface area (Å²) in [5, 5.41) is 13.9. The normalized spacial score (nSPS) is 23.7. The van der Waals surface area contributed by atoms with Crippen molar-refractivity contribution in [2.45, 2.75) is 17.9 Å². The number of H-pyrrole nitrogens is 1. The molecule has 3 aromatic rings. The fourth-order valence-corrected chi connectivity index (χ4v) is 4.48. The van der Waals surface area contributed by atoms with Crippen molar-refractivity contribution in [3.05, 3.63) is 65.7 Å². The van der Waals surface area contributed by atoms with Gasteiger partial charge >= 0.3 is 0 Å². The van der Waals surface area contributed by atoms with Crippen molar-refractivity contribution in [1.82, 2.24) is 24.9 Å². The largest absolute Gasteiger partial charge is 0.329 e. The molecular weight excluding hydrogens is 344 g/mol. The second-order valence-electron chi connectivity index (χ2n) is 7.04. The van der Waals surface area contributed by atoms with Crippen LogP contribution in [0.3, 0.4) is 0 Å². The maximum absolute atomic E-state index is 13.2. The summed E-state index contributed by atoms with van der Waals surface area (Å²) in [7, 11) is 1.83. The molecule has 2 aromatic heterocycles. The number of para-hydroxylation sites is 1. The molecule has 1 aromatic carbocycles. The zero-order valence-corrected chi connectivity index (χ0v) is 14.7. The number of nitrogens with one attached hydrogen (secondary N) is 2. The van der Waals surface area contributed by atoms with Gasteiger partial charge < -0.3 is 10.2 Å². The zero-order chi connectivity index (χ0) is 18.6. The highest BCUT2D eigenvalue weighted by Gasteiger charge is 2.59. The van der Waals surface area contributed by atoms with Crippen molar-refractivity contribution < 1.29 is 9.59 Å². The van der Waals surface area contributed by atoms with E-state index in [0.717, 1.165) is 16.8 Å². The van der Waals surface area contributed by atoms with Gasteiger partial charge in [-0.05, 0) is 24.1 Å². The summed E-state index contributed by atoms with van der Waals surface area (Å²) < 4.78 is 1.69. The number of aromatic nitrogens is 4. The monoisotopic (exact) mass is 362 g/mol. The van der Waals surface area contributed by atoms with E-state index in [-0.39, 0.29) is 11.8 Å². The van der Waals surface area contributed by atoms with E-state index in [1.54, 1.807) is 28.0 Å². The van der Waals surface area contributed by atoms with Crippen molar-refractivity contribution in [3.8, 4) is 0 Å². The molecule has 1 saturated heterocycles. The lowest BCUT2D eigenvalue weighted by Gasteiger charge is -2.33. The highest BCUT2D eigenvalue weighted by Crippen LogP contribution is 2.54. The minimum atomic E-state index is -0.824. The molecule has 0 saturated carbocycles. The predicted octanol–water partition coefficient (Wildman–Crippen LogP) is 1.62. The van der Waals surface area contributed by atoms with Crippen LogP contribution in [-0.4, -0.2) is 43.2 Å². The van der Waals surface area contributed by atoms with Crippen LogP contribution in [0.15, 0.2) is 48.9 Å². The first-order chi connectivity index (χ1) is 13.1. The molecule has 2 atom stereocenters. The molecule has 8 heteroatoms. The zero-order valence-electron chi connectivity index (χ0n) is 14.7. The number of rotatable bonds is 2. The van der Waals surface area contributed by atoms with Gasteiger partial charge in [0.1, 0.15) is 11.1 Å². The summed E-state index contributed by atoms with van der Waals surface area (Å²) in [5.41, 5.74) is 2.17. The summed E-state index contributed by atoms with van der Waals surface area (Å²) >= 11 is 0. The lowest BCUT2D eigenvalue weighted by Crippen LogP contribution is -2.42. The Hall–Kier alpha value is -3.42. The number of amides is 2. The fourth-order valence-electron chi connectivity index (χ4n) is 4.48. The second-order valence-corrected chi connectivity index (χ2v) is 7.04. The third kappa shape index (κ3) is 2.09. The second kappa shape index (κ2) is 5.54. The molecule has 2 aliphatic rings. The van der Waals surface area contributed by atoms with Gasteiger partial charge in [-0.25, -0.2) is 0 Å². The molecule has 2 amide bonds. The molecule has 136 valence electrons. The first kappa shape index (κ1) is 15.8. The molecule has 1 spiro atoms. The Labute approximate surface area is 155 Å². The van der Waals surface area contributed by atoms with E-state index < -0.39 is 11.5 Å². The molecular formula is C19H18N6O2. The number of hydrogen-bond donors (Lipinski definition) is 2. The summed E-state index contributed by atoms with van der Waals surface area (Å²) in [6.45, 7) is 0.471. The standard InChI is InChI=1S/C19H18N6O2/c1-24-11-12(10-21-24)16-19(13-4-2-3-5-14(13)22-18(19)27)7-9-25(16)17(26)15-6-8-20-23-15/h2-6,8,10-11,16H,7,9H2,1H3,(H,20,23)(H,22,27)/t16-,19+/m0/s1. The number of carbonyl (C=O) groups is 2. The number of aromatic amines is 1. The molecule has 2 aliphatic heterocycles. The van der Waals surface area contributed by atoms with Crippen LogP contribution in [0.2, 0.25) is 0 Å². The van der Waals surface area contributed by atoms with E-state index in [1.807, 2.05) is 37.5 Å². The molecule has 0 unspecified atom stereocenters. The summed E-state index contributed by atoms with van der Waals surface area (Å²) in [6, 6.07) is 8.92. The van der Waals surface area contributed by atoms with Crippen LogP contribution >= 0.6 is 0 Å². The fraction of sp³-hybridized carbons (Fsp3) is 0.263. The number of nitrogens with zero attached hydrogens (tertiary/aromatic N) is 4. The average Bonchev–Trinajstić information content (AvgIpc) is 3.44. The van der Waals surface area contributed by atoms with E-state index in [4.69, 9.17) is 0 Å². The molecule has 2 N–H and O–H groups in total. The van der Waals surface area contributed by atoms with Crippen molar-refractivity contribution in [1.29, 1.82) is 0 Å². The van der Waals surface area contributed by atoms with E-state index >= 15 is 0 Å². The van der Waals surface area contributed by atoms with Crippen LogP contribution < -0.4 is 5.32 Å². The van der Waals surface area contributed by atoms with E-state index in [9.17, 15) is 9.59 Å². The third-order valence-electron chi connectivity index (χ3n) is 5.62. The quantitative estimate of drug-likeness (QED) is 0.724. The third-order valence-corrected chi connectivity index (χ3v) is 5.62. The van der Waals surface area contributed by atoms with E-state index in [1.165, 1.54) is 0 Å². The minimum absolute atomic E-state index is 0.0718. The number of aryl methyl sites for hydroxylation is 1. The van der Waals surface area contributed by atoms with Gasteiger partial charge in [-0.15, -0.1) is 0 Å². The van der Waals surface area contributed by atoms with Gasteiger partial charge in [-0.1, -0.05) is 18.2 Å². The number of carbonyl (C=O) groups excluding carboxylic acids is 2. The lowest BCUT2D eigenvalue weighted by molar-refractivity contribution is -0.121. The highest BCUT2D eigenvalue weighted by molar-refractivity contribution is 6.08. The molecule has 0 aliphatic carbocycles. The number of likely N-dealkylation sites (tertiary alicyclic amines) is 1. The van der Waals surface area contributed by atoms with Crippen LogP contribution in [0.4, 0.5) is 5.69 Å². The van der Waals surface area contributed by atoms with Gasteiger partial charge in [0.25, 0.3) is 5.91 Å². The average molecular weight is 362 g/mol. The highest BCUT2D eigenvalue weighted by atomic mass is 16.2. The number of anilines is 1. The SMILES string of the molecule is Cn1cc([C@@H]2N(C(=O)c3ccn[nH]3)CC[C@]23C(=O)Nc2ccccc23)cn1. The first-order valence-electron chi connectivity index (χ1n) is 8.81.